The maximum atomic E-state index is 12.6. The van der Waals surface area contributed by atoms with E-state index in [9.17, 15) is 4.79 Å². The van der Waals surface area contributed by atoms with Crippen LogP contribution in [0.25, 0.3) is 5.65 Å². The van der Waals surface area contributed by atoms with Crippen LogP contribution in [0.3, 0.4) is 0 Å². The number of amides is 1. The van der Waals surface area contributed by atoms with Crippen molar-refractivity contribution in [2.75, 3.05) is 25.1 Å². The number of rotatable bonds is 5. The zero-order chi connectivity index (χ0) is 19.5. The number of para-hydroxylation sites is 1. The SMILES string of the molecule is COc1ccccc1CNC(=O)C1CCN(c2ccc3nnc(C)n3n2)CC1. The lowest BCUT2D eigenvalue weighted by molar-refractivity contribution is -0.125. The third kappa shape index (κ3) is 3.62. The number of hydrogen-bond donors (Lipinski definition) is 1. The average molecular weight is 380 g/mol. The van der Waals surface area contributed by atoms with Gasteiger partial charge in [0.15, 0.2) is 11.5 Å². The molecule has 1 aliphatic heterocycles. The average Bonchev–Trinajstić information content (AvgIpc) is 3.12. The van der Waals surface area contributed by atoms with Crippen LogP contribution in [0.2, 0.25) is 0 Å². The van der Waals surface area contributed by atoms with Crippen LogP contribution in [0.15, 0.2) is 36.4 Å². The van der Waals surface area contributed by atoms with Crippen LogP contribution in [0.1, 0.15) is 24.2 Å². The van der Waals surface area contributed by atoms with E-state index in [0.29, 0.717) is 6.54 Å². The summed E-state index contributed by atoms with van der Waals surface area (Å²) in [5, 5.41) is 15.8. The predicted octanol–water partition coefficient (Wildman–Crippen LogP) is 1.97. The van der Waals surface area contributed by atoms with Gasteiger partial charge >= 0.3 is 0 Å². The number of anilines is 1. The fraction of sp³-hybridized carbons (Fsp3) is 0.400. The van der Waals surface area contributed by atoms with Gasteiger partial charge in [-0.3, -0.25) is 4.79 Å². The molecular formula is C20H24N6O2. The van der Waals surface area contributed by atoms with Crippen LogP contribution in [-0.2, 0) is 11.3 Å². The molecule has 8 nitrogen and oxygen atoms in total. The van der Waals surface area contributed by atoms with Gasteiger partial charge in [-0.15, -0.1) is 15.3 Å². The van der Waals surface area contributed by atoms with E-state index in [2.05, 4.69) is 25.5 Å². The number of nitrogens with zero attached hydrogens (tertiary/aromatic N) is 5. The minimum atomic E-state index is 0.0198. The highest BCUT2D eigenvalue weighted by atomic mass is 16.5. The van der Waals surface area contributed by atoms with E-state index in [4.69, 9.17) is 4.74 Å². The summed E-state index contributed by atoms with van der Waals surface area (Å²) in [5.41, 5.74) is 1.73. The van der Waals surface area contributed by atoms with Gasteiger partial charge in [0.05, 0.1) is 7.11 Å². The molecule has 0 bridgehead atoms. The normalized spacial score (nSPS) is 15.0. The van der Waals surface area contributed by atoms with Crippen molar-refractivity contribution >= 4 is 17.4 Å². The Kier molecular flexibility index (Phi) is 5.10. The topological polar surface area (TPSA) is 84.6 Å². The van der Waals surface area contributed by atoms with E-state index >= 15 is 0 Å². The first-order valence-corrected chi connectivity index (χ1v) is 9.49. The van der Waals surface area contributed by atoms with Gasteiger partial charge in [0.25, 0.3) is 0 Å². The standard InChI is InChI=1S/C20H24N6O2/c1-14-22-23-18-7-8-19(24-26(14)18)25-11-9-15(10-12-25)20(27)21-13-16-5-3-4-6-17(16)28-2/h3-8,15H,9-13H2,1-2H3,(H,21,27). The van der Waals surface area contributed by atoms with Crippen molar-refractivity contribution < 1.29 is 9.53 Å². The Morgan fingerprint density at radius 2 is 1.96 bits per heavy atom. The number of ether oxygens (including phenoxy) is 1. The number of benzene rings is 1. The largest absolute Gasteiger partial charge is 0.496 e. The molecule has 8 heteroatoms. The summed E-state index contributed by atoms with van der Waals surface area (Å²) in [6, 6.07) is 11.6. The summed E-state index contributed by atoms with van der Waals surface area (Å²) < 4.78 is 7.09. The van der Waals surface area contributed by atoms with Gasteiger partial charge in [-0.25, -0.2) is 0 Å². The molecule has 1 fully saturated rings. The lowest BCUT2D eigenvalue weighted by Gasteiger charge is -2.32. The van der Waals surface area contributed by atoms with E-state index in [1.165, 1.54) is 0 Å². The van der Waals surface area contributed by atoms with Crippen LogP contribution in [0.5, 0.6) is 5.75 Å². The van der Waals surface area contributed by atoms with E-state index in [1.807, 2.05) is 43.3 Å². The van der Waals surface area contributed by atoms with Gasteiger partial charge in [-0.2, -0.15) is 4.52 Å². The summed E-state index contributed by atoms with van der Waals surface area (Å²) >= 11 is 0. The number of methoxy groups -OCH3 is 1. The van der Waals surface area contributed by atoms with Gasteiger partial charge in [-0.05, 0) is 38.0 Å². The Hall–Kier alpha value is -3.16. The fourth-order valence-corrected chi connectivity index (χ4v) is 3.60. The first kappa shape index (κ1) is 18.2. The molecule has 3 aromatic rings. The second kappa shape index (κ2) is 7.84. The summed E-state index contributed by atoms with van der Waals surface area (Å²) in [4.78, 5) is 14.8. The van der Waals surface area contributed by atoms with Crippen molar-refractivity contribution in [1.82, 2.24) is 25.1 Å². The van der Waals surface area contributed by atoms with E-state index in [1.54, 1.807) is 11.6 Å². The minimum Gasteiger partial charge on any atom is -0.496 e. The van der Waals surface area contributed by atoms with Gasteiger partial charge in [0.1, 0.15) is 11.6 Å². The first-order valence-electron chi connectivity index (χ1n) is 9.49. The number of carbonyl (C=O) groups is 1. The second-order valence-corrected chi connectivity index (χ2v) is 7.00. The number of hydrogen-bond acceptors (Lipinski definition) is 6. The molecule has 0 atom stereocenters. The monoisotopic (exact) mass is 380 g/mol. The van der Waals surface area contributed by atoms with Crippen LogP contribution >= 0.6 is 0 Å². The van der Waals surface area contributed by atoms with Crippen molar-refractivity contribution in [2.24, 2.45) is 5.92 Å². The quantitative estimate of drug-likeness (QED) is 0.729. The second-order valence-electron chi connectivity index (χ2n) is 7.00. The molecule has 0 saturated carbocycles. The Labute approximate surface area is 163 Å². The highest BCUT2D eigenvalue weighted by Gasteiger charge is 2.26. The van der Waals surface area contributed by atoms with Crippen LogP contribution in [0.4, 0.5) is 5.82 Å². The lowest BCUT2D eigenvalue weighted by Crippen LogP contribution is -2.40. The molecule has 146 valence electrons. The van der Waals surface area contributed by atoms with Gasteiger partial charge in [-0.1, -0.05) is 18.2 Å². The van der Waals surface area contributed by atoms with Crippen molar-refractivity contribution in [3.63, 3.8) is 0 Å². The smallest absolute Gasteiger partial charge is 0.223 e. The summed E-state index contributed by atoms with van der Waals surface area (Å²) in [6.07, 6.45) is 1.61. The highest BCUT2D eigenvalue weighted by Crippen LogP contribution is 2.23. The van der Waals surface area contributed by atoms with Crippen molar-refractivity contribution in [1.29, 1.82) is 0 Å². The number of piperidine rings is 1. The zero-order valence-corrected chi connectivity index (χ0v) is 16.1. The Morgan fingerprint density at radius 3 is 2.75 bits per heavy atom. The molecule has 2 aromatic heterocycles. The third-order valence-corrected chi connectivity index (χ3v) is 5.24. The molecule has 0 radical (unpaired) electrons. The molecule has 0 aliphatic carbocycles. The first-order chi connectivity index (χ1) is 13.7. The zero-order valence-electron chi connectivity index (χ0n) is 16.1. The van der Waals surface area contributed by atoms with Crippen molar-refractivity contribution in [2.45, 2.75) is 26.3 Å². The number of fused-ring (bicyclic) bond motifs is 1. The summed E-state index contributed by atoms with van der Waals surface area (Å²) in [7, 11) is 1.64. The summed E-state index contributed by atoms with van der Waals surface area (Å²) in [5.74, 6) is 2.57. The van der Waals surface area contributed by atoms with Gasteiger partial charge < -0.3 is 15.0 Å². The minimum absolute atomic E-state index is 0.0198. The lowest BCUT2D eigenvalue weighted by atomic mass is 9.96. The molecule has 1 saturated heterocycles. The van der Waals surface area contributed by atoms with E-state index in [0.717, 1.165) is 54.5 Å². The van der Waals surface area contributed by atoms with Gasteiger partial charge in [0, 0.05) is 31.1 Å². The molecule has 28 heavy (non-hydrogen) atoms. The number of nitrogens with one attached hydrogen (secondary N) is 1. The molecule has 1 N–H and O–H groups in total. The maximum absolute atomic E-state index is 12.6. The van der Waals surface area contributed by atoms with Crippen molar-refractivity contribution in [3.8, 4) is 5.75 Å². The Bertz CT molecular complexity index is 978. The summed E-state index contributed by atoms with van der Waals surface area (Å²) in [6.45, 7) is 3.96. The molecule has 4 rings (SSSR count). The molecule has 0 unspecified atom stereocenters. The molecular weight excluding hydrogens is 356 g/mol. The number of aryl methyl sites for hydroxylation is 1. The number of carbonyl (C=O) groups excluding carboxylic acids is 1. The maximum Gasteiger partial charge on any atom is 0.223 e. The highest BCUT2D eigenvalue weighted by molar-refractivity contribution is 5.79. The van der Waals surface area contributed by atoms with Gasteiger partial charge in [0.2, 0.25) is 5.91 Å². The van der Waals surface area contributed by atoms with Crippen LogP contribution in [-0.4, -0.2) is 45.9 Å². The number of aromatic nitrogens is 4. The predicted molar refractivity (Wildman–Crippen MR) is 105 cm³/mol. The van der Waals surface area contributed by atoms with E-state index < -0.39 is 0 Å². The molecule has 0 spiro atoms. The van der Waals surface area contributed by atoms with Crippen LogP contribution < -0.4 is 15.0 Å². The van der Waals surface area contributed by atoms with E-state index in [-0.39, 0.29) is 11.8 Å². The molecule has 3 heterocycles. The third-order valence-electron chi connectivity index (χ3n) is 5.24. The molecule has 1 aromatic carbocycles. The Balaban J connectivity index is 1.34. The van der Waals surface area contributed by atoms with Crippen LogP contribution in [0, 0.1) is 12.8 Å². The fourth-order valence-electron chi connectivity index (χ4n) is 3.60. The molecule has 1 amide bonds. The molecule has 1 aliphatic rings. The van der Waals surface area contributed by atoms with Crippen molar-refractivity contribution in [3.05, 3.63) is 47.8 Å². The Morgan fingerprint density at radius 1 is 1.18 bits per heavy atom.